The van der Waals surface area contributed by atoms with Crippen LogP contribution in [0.3, 0.4) is 0 Å². The number of Topliss-reactive ketones (excluding diaryl/α,β-unsaturated/α-hetero) is 1. The van der Waals surface area contributed by atoms with Crippen molar-refractivity contribution in [3.63, 3.8) is 0 Å². The van der Waals surface area contributed by atoms with Gasteiger partial charge in [-0.05, 0) is 11.1 Å². The molecule has 24 heavy (non-hydrogen) atoms. The minimum absolute atomic E-state index is 0.0272. The van der Waals surface area contributed by atoms with Crippen molar-refractivity contribution in [1.82, 2.24) is 0 Å². The summed E-state index contributed by atoms with van der Waals surface area (Å²) in [5.41, 5.74) is 1.54. The molecule has 3 aromatic rings. The van der Waals surface area contributed by atoms with E-state index in [9.17, 15) is 4.79 Å². The van der Waals surface area contributed by atoms with Gasteiger partial charge in [0.25, 0.3) is 0 Å². The molecular formula is C22H20O2. The van der Waals surface area contributed by atoms with Gasteiger partial charge in [0.05, 0.1) is 0 Å². The molecule has 120 valence electrons. The van der Waals surface area contributed by atoms with Crippen molar-refractivity contribution in [1.29, 1.82) is 0 Å². The van der Waals surface area contributed by atoms with Crippen LogP contribution < -0.4 is 0 Å². The highest BCUT2D eigenvalue weighted by Crippen LogP contribution is 2.33. The van der Waals surface area contributed by atoms with Crippen molar-refractivity contribution in [2.75, 3.05) is 7.11 Å². The number of ether oxygens (including phenoxy) is 1. The molecule has 2 heteroatoms. The summed E-state index contributed by atoms with van der Waals surface area (Å²) in [4.78, 5) is 13.4. The fourth-order valence-electron chi connectivity index (χ4n) is 3.01. The van der Waals surface area contributed by atoms with E-state index in [1.54, 1.807) is 7.11 Å². The van der Waals surface area contributed by atoms with Crippen LogP contribution in [-0.4, -0.2) is 12.9 Å². The number of rotatable bonds is 6. The van der Waals surface area contributed by atoms with Gasteiger partial charge in [-0.3, -0.25) is 4.79 Å². The molecule has 0 N–H and O–H groups in total. The van der Waals surface area contributed by atoms with Crippen LogP contribution in [0.4, 0.5) is 0 Å². The van der Waals surface area contributed by atoms with Crippen LogP contribution in [0.5, 0.6) is 0 Å². The van der Waals surface area contributed by atoms with E-state index in [2.05, 4.69) is 0 Å². The molecule has 0 saturated heterocycles. The van der Waals surface area contributed by atoms with Gasteiger partial charge >= 0.3 is 0 Å². The number of carbonyl (C=O) groups excluding carboxylic acids is 1. The van der Waals surface area contributed by atoms with Crippen molar-refractivity contribution in [2.24, 2.45) is 0 Å². The van der Waals surface area contributed by atoms with E-state index in [4.69, 9.17) is 4.74 Å². The van der Waals surface area contributed by atoms with Gasteiger partial charge in [-0.25, -0.2) is 0 Å². The minimum Gasteiger partial charge on any atom is -0.365 e. The Morgan fingerprint density at radius 1 is 0.792 bits per heavy atom. The molecule has 0 fully saturated rings. The van der Waals surface area contributed by atoms with Gasteiger partial charge < -0.3 is 4.74 Å². The Morgan fingerprint density at radius 2 is 1.29 bits per heavy atom. The molecule has 0 aliphatic carbocycles. The Hall–Kier alpha value is -2.71. The second-order valence-electron chi connectivity index (χ2n) is 5.75. The number of methoxy groups -OCH3 is 1. The second-order valence-corrected chi connectivity index (χ2v) is 5.75. The minimum atomic E-state index is -1.04. The molecule has 0 spiro atoms. The van der Waals surface area contributed by atoms with Crippen LogP contribution in [0.2, 0.25) is 0 Å². The van der Waals surface area contributed by atoms with Gasteiger partial charge in [0.1, 0.15) is 0 Å². The predicted octanol–water partition coefficient (Wildman–Crippen LogP) is 4.65. The zero-order valence-corrected chi connectivity index (χ0v) is 13.7. The molecule has 1 unspecified atom stereocenters. The van der Waals surface area contributed by atoms with Crippen LogP contribution in [0.1, 0.15) is 21.5 Å². The van der Waals surface area contributed by atoms with E-state index in [1.807, 2.05) is 91.0 Å². The molecule has 0 amide bonds. The first-order chi connectivity index (χ1) is 11.8. The average molecular weight is 316 g/mol. The lowest BCUT2D eigenvalue weighted by atomic mass is 9.81. The summed E-state index contributed by atoms with van der Waals surface area (Å²) in [6, 6.07) is 29.0. The number of hydrogen-bond donors (Lipinski definition) is 0. The third kappa shape index (κ3) is 3.15. The summed E-state index contributed by atoms with van der Waals surface area (Å²) >= 11 is 0. The molecule has 3 aromatic carbocycles. The lowest BCUT2D eigenvalue weighted by Crippen LogP contribution is -2.40. The molecule has 3 rings (SSSR count). The largest absolute Gasteiger partial charge is 0.365 e. The van der Waals surface area contributed by atoms with E-state index in [0.29, 0.717) is 12.0 Å². The molecule has 1 atom stereocenters. The Balaban J connectivity index is 2.11. The highest BCUT2D eigenvalue weighted by Gasteiger charge is 2.40. The maximum Gasteiger partial charge on any atom is 0.199 e. The first kappa shape index (κ1) is 16.2. The number of carbonyl (C=O) groups is 1. The van der Waals surface area contributed by atoms with Crippen LogP contribution in [0.25, 0.3) is 0 Å². The van der Waals surface area contributed by atoms with Gasteiger partial charge in [0, 0.05) is 19.1 Å². The lowest BCUT2D eigenvalue weighted by molar-refractivity contribution is -0.00103. The highest BCUT2D eigenvalue weighted by molar-refractivity contribution is 6.03. The number of ketones is 1. The van der Waals surface area contributed by atoms with E-state index in [-0.39, 0.29) is 5.78 Å². The maximum absolute atomic E-state index is 13.4. The van der Waals surface area contributed by atoms with Crippen molar-refractivity contribution in [3.8, 4) is 0 Å². The monoisotopic (exact) mass is 316 g/mol. The quantitative estimate of drug-likeness (QED) is 0.619. The van der Waals surface area contributed by atoms with Gasteiger partial charge in [0.2, 0.25) is 0 Å². The summed E-state index contributed by atoms with van der Waals surface area (Å²) in [5.74, 6) is -0.0272. The Bertz CT molecular complexity index is 782. The van der Waals surface area contributed by atoms with Crippen LogP contribution in [0, 0.1) is 0 Å². The van der Waals surface area contributed by atoms with E-state index in [1.165, 1.54) is 0 Å². The average Bonchev–Trinajstić information content (AvgIpc) is 2.68. The summed E-state index contributed by atoms with van der Waals surface area (Å²) < 4.78 is 5.89. The second kappa shape index (κ2) is 7.24. The molecule has 2 nitrogen and oxygen atoms in total. The standard InChI is InChI=1S/C22H20O2/c1-24-22(20-15-9-4-10-16-20,17-18-11-5-2-6-12-18)21(23)19-13-7-3-8-14-19/h2-16H,17H2,1H3. The number of hydrogen-bond acceptors (Lipinski definition) is 2. The first-order valence-corrected chi connectivity index (χ1v) is 8.01. The molecule has 0 aliphatic rings. The maximum atomic E-state index is 13.4. The van der Waals surface area contributed by atoms with Crippen LogP contribution in [0.15, 0.2) is 91.0 Å². The van der Waals surface area contributed by atoms with Gasteiger partial charge in [0.15, 0.2) is 11.4 Å². The van der Waals surface area contributed by atoms with Gasteiger partial charge in [-0.15, -0.1) is 0 Å². The van der Waals surface area contributed by atoms with Gasteiger partial charge in [-0.2, -0.15) is 0 Å². The molecule has 0 bridgehead atoms. The molecular weight excluding hydrogens is 296 g/mol. The third-order valence-electron chi connectivity index (χ3n) is 4.29. The topological polar surface area (TPSA) is 26.3 Å². The van der Waals surface area contributed by atoms with Crippen molar-refractivity contribution >= 4 is 5.78 Å². The first-order valence-electron chi connectivity index (χ1n) is 8.01. The lowest BCUT2D eigenvalue weighted by Gasteiger charge is -2.32. The summed E-state index contributed by atoms with van der Waals surface area (Å²) in [7, 11) is 1.61. The smallest absolute Gasteiger partial charge is 0.199 e. The Morgan fingerprint density at radius 3 is 1.83 bits per heavy atom. The number of benzene rings is 3. The van der Waals surface area contributed by atoms with Crippen LogP contribution in [-0.2, 0) is 16.8 Å². The molecule has 0 saturated carbocycles. The normalized spacial score (nSPS) is 13.2. The molecule has 0 radical (unpaired) electrons. The zero-order valence-electron chi connectivity index (χ0n) is 13.7. The molecule has 0 aliphatic heterocycles. The van der Waals surface area contributed by atoms with Crippen LogP contribution >= 0.6 is 0 Å². The highest BCUT2D eigenvalue weighted by atomic mass is 16.5. The van der Waals surface area contributed by atoms with Crippen molar-refractivity contribution in [3.05, 3.63) is 108 Å². The summed E-state index contributed by atoms with van der Waals surface area (Å²) in [6.07, 6.45) is 0.488. The summed E-state index contributed by atoms with van der Waals surface area (Å²) in [6.45, 7) is 0. The van der Waals surface area contributed by atoms with E-state index >= 15 is 0 Å². The summed E-state index contributed by atoms with van der Waals surface area (Å²) in [5, 5.41) is 0. The fourth-order valence-corrected chi connectivity index (χ4v) is 3.01. The van der Waals surface area contributed by atoms with E-state index < -0.39 is 5.60 Å². The molecule has 0 aromatic heterocycles. The third-order valence-corrected chi connectivity index (χ3v) is 4.29. The predicted molar refractivity (Wildman–Crippen MR) is 96.0 cm³/mol. The Kier molecular flexibility index (Phi) is 4.88. The van der Waals surface area contributed by atoms with Crippen molar-refractivity contribution in [2.45, 2.75) is 12.0 Å². The molecule has 0 heterocycles. The van der Waals surface area contributed by atoms with E-state index in [0.717, 1.165) is 11.1 Å². The fraction of sp³-hybridized carbons (Fsp3) is 0.136. The zero-order chi connectivity index (χ0) is 16.8. The SMILES string of the molecule is COC(Cc1ccccc1)(C(=O)c1ccccc1)c1ccccc1. The van der Waals surface area contributed by atoms with Crippen molar-refractivity contribution < 1.29 is 9.53 Å². The Labute approximate surface area is 142 Å². The van der Waals surface area contributed by atoms with Gasteiger partial charge in [-0.1, -0.05) is 91.0 Å².